The molecule has 0 saturated carbocycles. The van der Waals surface area contributed by atoms with Crippen LogP contribution in [0.15, 0.2) is 23.0 Å². The number of esters is 1. The highest BCUT2D eigenvalue weighted by Crippen LogP contribution is 2.45. The van der Waals surface area contributed by atoms with Crippen molar-refractivity contribution < 1.29 is 13.9 Å². The van der Waals surface area contributed by atoms with Gasteiger partial charge in [0.25, 0.3) is 5.56 Å². The van der Waals surface area contributed by atoms with E-state index in [-0.39, 0.29) is 11.1 Å². The summed E-state index contributed by atoms with van der Waals surface area (Å²) >= 11 is 0. The maximum absolute atomic E-state index is 14.1. The molecule has 27 heavy (non-hydrogen) atoms. The molecular formula is C20H20FN3O3. The van der Waals surface area contributed by atoms with Crippen LogP contribution in [0.2, 0.25) is 0 Å². The van der Waals surface area contributed by atoms with Crippen LogP contribution in [0.4, 0.5) is 10.3 Å². The third-order valence-electron chi connectivity index (χ3n) is 6.05. The van der Waals surface area contributed by atoms with Gasteiger partial charge in [-0.05, 0) is 31.7 Å². The molecule has 0 radical (unpaired) electrons. The van der Waals surface area contributed by atoms with Gasteiger partial charge in [0.05, 0.1) is 5.69 Å². The average molecular weight is 369 g/mol. The third kappa shape index (κ3) is 2.48. The van der Waals surface area contributed by atoms with Crippen molar-refractivity contribution in [2.45, 2.75) is 44.1 Å². The molecule has 2 aliphatic heterocycles. The Morgan fingerprint density at radius 2 is 1.93 bits per heavy atom. The van der Waals surface area contributed by atoms with E-state index >= 15 is 0 Å². The molecule has 0 unspecified atom stereocenters. The van der Waals surface area contributed by atoms with E-state index in [9.17, 15) is 14.0 Å². The summed E-state index contributed by atoms with van der Waals surface area (Å²) in [6.45, 7) is 1.15. The molecule has 0 atom stereocenters. The topological polar surface area (TPSA) is 75.3 Å². The number of carbonyl (C=O) groups is 1. The number of fused-ring (bicyclic) bond motifs is 3. The van der Waals surface area contributed by atoms with Crippen LogP contribution in [-0.2, 0) is 23.2 Å². The summed E-state index contributed by atoms with van der Waals surface area (Å²) < 4.78 is 19.7. The Labute approximate surface area is 155 Å². The van der Waals surface area contributed by atoms with E-state index in [2.05, 4.69) is 9.97 Å². The molecule has 1 spiro atoms. The van der Waals surface area contributed by atoms with Gasteiger partial charge in [0, 0.05) is 37.1 Å². The second kappa shape index (κ2) is 5.90. The zero-order chi connectivity index (χ0) is 18.6. The van der Waals surface area contributed by atoms with Gasteiger partial charge in [-0.25, -0.2) is 14.2 Å². The number of nitrogens with one attached hydrogen (secondary N) is 1. The Kier molecular flexibility index (Phi) is 3.60. The number of hydrogen-bond donors (Lipinski definition) is 1. The fourth-order valence-corrected chi connectivity index (χ4v) is 4.59. The van der Waals surface area contributed by atoms with Gasteiger partial charge in [-0.1, -0.05) is 12.1 Å². The van der Waals surface area contributed by atoms with E-state index in [0.717, 1.165) is 36.9 Å². The van der Waals surface area contributed by atoms with Gasteiger partial charge in [0.2, 0.25) is 5.95 Å². The fraction of sp³-hybridized carbons (Fsp3) is 0.450. The Hall–Kier alpha value is -2.70. The van der Waals surface area contributed by atoms with Crippen molar-refractivity contribution in [2.75, 3.05) is 18.0 Å². The average Bonchev–Trinajstić information content (AvgIpc) is 2.95. The first kappa shape index (κ1) is 16.5. The van der Waals surface area contributed by atoms with Crippen LogP contribution < -0.4 is 10.5 Å². The highest BCUT2D eigenvalue weighted by molar-refractivity contribution is 5.95. The van der Waals surface area contributed by atoms with Crippen LogP contribution in [0.3, 0.4) is 0 Å². The SMILES string of the molecule is O=C1OC2(CCN(c3nc4c(c(=O)[nH]3)CCCC4)CC2)c2cccc(F)c21. The number of aromatic amines is 1. The van der Waals surface area contributed by atoms with Crippen molar-refractivity contribution in [3.05, 3.63) is 56.8 Å². The summed E-state index contributed by atoms with van der Waals surface area (Å²) in [6.07, 6.45) is 4.80. The number of benzene rings is 1. The van der Waals surface area contributed by atoms with Crippen LogP contribution in [0, 0.1) is 5.82 Å². The molecule has 2 aromatic rings. The maximum Gasteiger partial charge on any atom is 0.342 e. The summed E-state index contributed by atoms with van der Waals surface area (Å²) in [4.78, 5) is 34.2. The first-order valence-electron chi connectivity index (χ1n) is 9.47. The second-order valence-corrected chi connectivity index (χ2v) is 7.56. The van der Waals surface area contributed by atoms with E-state index in [1.807, 2.05) is 4.90 Å². The Bertz CT molecular complexity index is 992. The zero-order valence-corrected chi connectivity index (χ0v) is 14.9. The number of hydrogen-bond acceptors (Lipinski definition) is 5. The van der Waals surface area contributed by atoms with Crippen LogP contribution in [0.25, 0.3) is 0 Å². The van der Waals surface area contributed by atoms with Gasteiger partial charge < -0.3 is 9.64 Å². The van der Waals surface area contributed by atoms with Crippen molar-refractivity contribution in [1.82, 2.24) is 9.97 Å². The normalized spacial score (nSPS) is 20.3. The standard InChI is InChI=1S/C20H20FN3O3/c21-14-6-3-5-13-16(14)18(26)27-20(13)8-10-24(11-9-20)19-22-15-7-2-1-4-12(15)17(25)23-19/h3,5-6H,1-2,4,7-11H2,(H,22,23,25). The van der Waals surface area contributed by atoms with Gasteiger partial charge in [-0.2, -0.15) is 0 Å². The van der Waals surface area contributed by atoms with Gasteiger partial charge in [-0.3, -0.25) is 9.78 Å². The number of carbonyl (C=O) groups excluding carboxylic acids is 1. The van der Waals surface area contributed by atoms with Crippen molar-refractivity contribution >= 4 is 11.9 Å². The summed E-state index contributed by atoms with van der Waals surface area (Å²) in [5, 5.41) is 0. The van der Waals surface area contributed by atoms with Crippen LogP contribution >= 0.6 is 0 Å². The molecule has 0 amide bonds. The lowest BCUT2D eigenvalue weighted by molar-refractivity contribution is -0.0212. The molecule has 140 valence electrons. The molecule has 1 aliphatic carbocycles. The number of nitrogens with zero attached hydrogens (tertiary/aromatic N) is 2. The minimum absolute atomic E-state index is 0.0466. The highest BCUT2D eigenvalue weighted by atomic mass is 19.1. The largest absolute Gasteiger partial charge is 0.450 e. The first-order valence-corrected chi connectivity index (χ1v) is 9.47. The number of piperidine rings is 1. The predicted molar refractivity (Wildman–Crippen MR) is 96.4 cm³/mol. The Morgan fingerprint density at radius 3 is 2.74 bits per heavy atom. The minimum atomic E-state index is -0.778. The molecule has 3 aliphatic rings. The smallest absolute Gasteiger partial charge is 0.342 e. The van der Waals surface area contributed by atoms with Crippen molar-refractivity contribution in [2.24, 2.45) is 0 Å². The van der Waals surface area contributed by atoms with Crippen LogP contribution in [-0.4, -0.2) is 29.0 Å². The highest BCUT2D eigenvalue weighted by Gasteiger charge is 2.48. The summed E-state index contributed by atoms with van der Waals surface area (Å²) in [7, 11) is 0. The third-order valence-corrected chi connectivity index (χ3v) is 6.05. The number of halogens is 1. The Balaban J connectivity index is 1.42. The molecule has 1 aromatic carbocycles. The van der Waals surface area contributed by atoms with Gasteiger partial charge in [0.1, 0.15) is 17.0 Å². The van der Waals surface area contributed by atoms with Crippen LogP contribution in [0.1, 0.15) is 52.9 Å². The molecule has 3 heterocycles. The number of aromatic nitrogens is 2. The number of aryl methyl sites for hydroxylation is 1. The van der Waals surface area contributed by atoms with Gasteiger partial charge in [0.15, 0.2) is 0 Å². The predicted octanol–water partition coefficient (Wildman–Crippen LogP) is 2.45. The molecule has 1 fully saturated rings. The second-order valence-electron chi connectivity index (χ2n) is 7.56. The number of rotatable bonds is 1. The van der Waals surface area contributed by atoms with Crippen molar-refractivity contribution in [3.63, 3.8) is 0 Å². The number of H-pyrrole nitrogens is 1. The minimum Gasteiger partial charge on any atom is -0.450 e. The monoisotopic (exact) mass is 369 g/mol. The summed E-state index contributed by atoms with van der Waals surface area (Å²) in [5.74, 6) is -0.534. The van der Waals surface area contributed by atoms with Gasteiger partial charge >= 0.3 is 5.97 Å². The van der Waals surface area contributed by atoms with E-state index < -0.39 is 17.4 Å². The molecule has 7 heteroatoms. The molecular weight excluding hydrogens is 349 g/mol. The fourth-order valence-electron chi connectivity index (χ4n) is 4.59. The molecule has 1 N–H and O–H groups in total. The zero-order valence-electron chi connectivity index (χ0n) is 14.9. The maximum atomic E-state index is 14.1. The lowest BCUT2D eigenvalue weighted by Crippen LogP contribution is -2.44. The van der Waals surface area contributed by atoms with E-state index in [1.54, 1.807) is 12.1 Å². The Morgan fingerprint density at radius 1 is 1.15 bits per heavy atom. The molecule has 1 aromatic heterocycles. The van der Waals surface area contributed by atoms with Crippen LogP contribution in [0.5, 0.6) is 0 Å². The lowest BCUT2D eigenvalue weighted by Gasteiger charge is -2.38. The lowest BCUT2D eigenvalue weighted by atomic mass is 9.83. The molecule has 0 bridgehead atoms. The molecule has 1 saturated heterocycles. The van der Waals surface area contributed by atoms with E-state index in [4.69, 9.17) is 4.74 Å². The molecule has 6 nitrogen and oxygen atoms in total. The van der Waals surface area contributed by atoms with E-state index in [0.29, 0.717) is 37.4 Å². The molecule has 5 rings (SSSR count). The van der Waals surface area contributed by atoms with Crippen molar-refractivity contribution in [3.8, 4) is 0 Å². The summed E-state index contributed by atoms with van der Waals surface area (Å²) in [5.41, 5.74) is 1.59. The number of ether oxygens (including phenoxy) is 1. The quantitative estimate of drug-likeness (QED) is 0.782. The number of anilines is 1. The summed E-state index contributed by atoms with van der Waals surface area (Å²) in [6, 6.07) is 4.68. The van der Waals surface area contributed by atoms with Gasteiger partial charge in [-0.15, -0.1) is 0 Å². The van der Waals surface area contributed by atoms with Crippen molar-refractivity contribution in [1.29, 1.82) is 0 Å². The first-order chi connectivity index (χ1) is 13.1. The van der Waals surface area contributed by atoms with E-state index in [1.165, 1.54) is 6.07 Å².